The number of aliphatic hydroxyl groups excluding tert-OH is 1. The Morgan fingerprint density at radius 3 is 2.67 bits per heavy atom. The summed E-state index contributed by atoms with van der Waals surface area (Å²) in [5, 5.41) is 9.29. The normalized spacial score (nSPS) is 12.2. The highest BCUT2D eigenvalue weighted by molar-refractivity contribution is 5.75. The van der Waals surface area contributed by atoms with Crippen molar-refractivity contribution in [1.29, 1.82) is 0 Å². The van der Waals surface area contributed by atoms with Crippen LogP contribution >= 0.6 is 0 Å². The van der Waals surface area contributed by atoms with Crippen molar-refractivity contribution < 1.29 is 14.6 Å². The zero-order valence-corrected chi connectivity index (χ0v) is 6.60. The van der Waals surface area contributed by atoms with Gasteiger partial charge in [0.15, 0.2) is 6.10 Å². The van der Waals surface area contributed by atoms with Gasteiger partial charge in [-0.25, -0.2) is 4.79 Å². The van der Waals surface area contributed by atoms with Crippen LogP contribution in [0.5, 0.6) is 0 Å². The first-order valence-corrected chi connectivity index (χ1v) is 3.41. The van der Waals surface area contributed by atoms with Crippen LogP contribution in [0.15, 0.2) is 24.5 Å². The average Bonchev–Trinajstić information content (AvgIpc) is 2.17. The molecular formula is C8H9NO3. The molecule has 64 valence electrons. The zero-order chi connectivity index (χ0) is 8.97. The van der Waals surface area contributed by atoms with Crippen LogP contribution in [0.4, 0.5) is 0 Å². The molecule has 1 heterocycles. The number of carbonyl (C=O) groups excluding carboxylic acids is 1. The van der Waals surface area contributed by atoms with Gasteiger partial charge >= 0.3 is 5.97 Å². The van der Waals surface area contributed by atoms with Gasteiger partial charge in [-0.2, -0.15) is 0 Å². The van der Waals surface area contributed by atoms with Crippen molar-refractivity contribution in [1.82, 2.24) is 4.98 Å². The molecule has 1 atom stereocenters. The first kappa shape index (κ1) is 8.67. The van der Waals surface area contributed by atoms with Crippen LogP contribution in [0.25, 0.3) is 0 Å². The molecule has 0 unspecified atom stereocenters. The second kappa shape index (κ2) is 3.82. The predicted molar refractivity (Wildman–Crippen MR) is 41.2 cm³/mol. The van der Waals surface area contributed by atoms with E-state index < -0.39 is 12.1 Å². The molecular weight excluding hydrogens is 158 g/mol. The van der Waals surface area contributed by atoms with Crippen LogP contribution in [0.2, 0.25) is 0 Å². The van der Waals surface area contributed by atoms with Gasteiger partial charge in [-0.05, 0) is 17.7 Å². The fourth-order valence-electron chi connectivity index (χ4n) is 0.793. The number of nitrogens with zero attached hydrogens (tertiary/aromatic N) is 1. The van der Waals surface area contributed by atoms with Crippen molar-refractivity contribution in [2.75, 3.05) is 7.11 Å². The Kier molecular flexibility index (Phi) is 2.76. The van der Waals surface area contributed by atoms with Gasteiger partial charge in [0.2, 0.25) is 0 Å². The lowest BCUT2D eigenvalue weighted by molar-refractivity contribution is -0.150. The maximum atomic E-state index is 10.8. The lowest BCUT2D eigenvalue weighted by atomic mass is 10.1. The summed E-state index contributed by atoms with van der Waals surface area (Å²) < 4.78 is 4.36. The number of esters is 1. The summed E-state index contributed by atoms with van der Waals surface area (Å²) in [5.41, 5.74) is 0.483. The maximum Gasteiger partial charge on any atom is 0.339 e. The molecule has 4 nitrogen and oxygen atoms in total. The summed E-state index contributed by atoms with van der Waals surface area (Å²) in [6, 6.07) is 3.11. The second-order valence-corrected chi connectivity index (χ2v) is 2.21. The Hall–Kier alpha value is -1.42. The number of aliphatic hydroxyl groups is 1. The number of aromatic nitrogens is 1. The Labute approximate surface area is 69.8 Å². The third kappa shape index (κ3) is 1.79. The van der Waals surface area contributed by atoms with Gasteiger partial charge < -0.3 is 9.84 Å². The molecule has 0 aromatic carbocycles. The molecule has 0 saturated heterocycles. The van der Waals surface area contributed by atoms with Gasteiger partial charge in [-0.15, -0.1) is 0 Å². The predicted octanol–water partition coefficient (Wildman–Crippen LogP) is 0.288. The highest BCUT2D eigenvalue weighted by Crippen LogP contribution is 2.11. The largest absolute Gasteiger partial charge is 0.467 e. The molecule has 0 bridgehead atoms. The molecule has 0 saturated carbocycles. The monoisotopic (exact) mass is 167 g/mol. The van der Waals surface area contributed by atoms with E-state index >= 15 is 0 Å². The highest BCUT2D eigenvalue weighted by Gasteiger charge is 2.16. The van der Waals surface area contributed by atoms with E-state index in [-0.39, 0.29) is 0 Å². The van der Waals surface area contributed by atoms with Gasteiger partial charge in [0, 0.05) is 12.4 Å². The van der Waals surface area contributed by atoms with Crippen LogP contribution in [-0.4, -0.2) is 23.2 Å². The maximum absolute atomic E-state index is 10.8. The second-order valence-electron chi connectivity index (χ2n) is 2.21. The molecule has 4 heteroatoms. The summed E-state index contributed by atoms with van der Waals surface area (Å²) in [4.78, 5) is 14.6. The molecule has 1 N–H and O–H groups in total. The van der Waals surface area contributed by atoms with Crippen molar-refractivity contribution in [3.63, 3.8) is 0 Å². The Balaban J connectivity index is 2.78. The summed E-state index contributed by atoms with van der Waals surface area (Å²) in [6.07, 6.45) is 1.79. The van der Waals surface area contributed by atoms with E-state index in [1.807, 2.05) is 0 Å². The minimum atomic E-state index is -1.21. The van der Waals surface area contributed by atoms with E-state index in [9.17, 15) is 9.90 Å². The highest BCUT2D eigenvalue weighted by atomic mass is 16.5. The van der Waals surface area contributed by atoms with Crippen molar-refractivity contribution in [3.05, 3.63) is 30.1 Å². The smallest absolute Gasteiger partial charge is 0.339 e. The average molecular weight is 167 g/mol. The number of methoxy groups -OCH3 is 1. The van der Waals surface area contributed by atoms with Gasteiger partial charge in [-0.3, -0.25) is 4.98 Å². The number of hydrogen-bond donors (Lipinski definition) is 1. The fraction of sp³-hybridized carbons (Fsp3) is 0.250. The van der Waals surface area contributed by atoms with E-state index in [0.717, 1.165) is 0 Å². The first-order valence-electron chi connectivity index (χ1n) is 3.41. The number of hydrogen-bond acceptors (Lipinski definition) is 4. The van der Waals surface area contributed by atoms with Gasteiger partial charge in [0.1, 0.15) is 0 Å². The third-order valence-corrected chi connectivity index (χ3v) is 1.45. The van der Waals surface area contributed by atoms with E-state index in [0.29, 0.717) is 5.56 Å². The molecule has 1 aromatic heterocycles. The quantitative estimate of drug-likeness (QED) is 0.643. The van der Waals surface area contributed by atoms with Crippen LogP contribution < -0.4 is 0 Å². The van der Waals surface area contributed by atoms with Crippen LogP contribution in [0.3, 0.4) is 0 Å². The third-order valence-electron chi connectivity index (χ3n) is 1.45. The van der Waals surface area contributed by atoms with E-state index in [4.69, 9.17) is 0 Å². The van der Waals surface area contributed by atoms with Gasteiger partial charge in [0.05, 0.1) is 7.11 Å². The van der Waals surface area contributed by atoms with Crippen LogP contribution in [0.1, 0.15) is 11.7 Å². The molecule has 0 aliphatic rings. The van der Waals surface area contributed by atoms with Crippen molar-refractivity contribution >= 4 is 5.97 Å². The molecule has 0 spiro atoms. The molecule has 0 radical (unpaired) electrons. The molecule has 0 aliphatic carbocycles. The number of ether oxygens (including phenoxy) is 1. The lowest BCUT2D eigenvalue weighted by Gasteiger charge is -2.06. The summed E-state index contributed by atoms with van der Waals surface area (Å²) >= 11 is 0. The van der Waals surface area contributed by atoms with Gasteiger partial charge in [-0.1, -0.05) is 0 Å². The fourth-order valence-corrected chi connectivity index (χ4v) is 0.793. The Morgan fingerprint density at radius 1 is 1.58 bits per heavy atom. The zero-order valence-electron chi connectivity index (χ0n) is 6.60. The molecule has 0 aliphatic heterocycles. The SMILES string of the molecule is COC(=O)[C@H](O)c1ccncc1. The molecule has 0 amide bonds. The van der Waals surface area contributed by atoms with Crippen molar-refractivity contribution in [2.24, 2.45) is 0 Å². The minimum absolute atomic E-state index is 0.483. The Bertz CT molecular complexity index is 260. The summed E-state index contributed by atoms with van der Waals surface area (Å²) in [6.45, 7) is 0. The molecule has 1 aromatic rings. The van der Waals surface area contributed by atoms with E-state index in [2.05, 4.69) is 9.72 Å². The van der Waals surface area contributed by atoms with Crippen LogP contribution in [-0.2, 0) is 9.53 Å². The minimum Gasteiger partial charge on any atom is -0.467 e. The van der Waals surface area contributed by atoms with E-state index in [1.54, 1.807) is 12.1 Å². The molecule has 1 rings (SSSR count). The van der Waals surface area contributed by atoms with Gasteiger partial charge in [0.25, 0.3) is 0 Å². The lowest BCUT2D eigenvalue weighted by Crippen LogP contribution is -2.13. The van der Waals surface area contributed by atoms with E-state index in [1.165, 1.54) is 19.5 Å². The van der Waals surface area contributed by atoms with Crippen molar-refractivity contribution in [2.45, 2.75) is 6.10 Å². The molecule has 12 heavy (non-hydrogen) atoms. The van der Waals surface area contributed by atoms with Crippen LogP contribution in [0, 0.1) is 0 Å². The summed E-state index contributed by atoms with van der Waals surface area (Å²) in [5.74, 6) is -0.666. The summed E-state index contributed by atoms with van der Waals surface area (Å²) in [7, 11) is 1.23. The van der Waals surface area contributed by atoms with Crippen molar-refractivity contribution in [3.8, 4) is 0 Å². The first-order chi connectivity index (χ1) is 5.75. The topological polar surface area (TPSA) is 59.4 Å². The molecule has 0 fully saturated rings. The number of rotatable bonds is 2. The number of carbonyl (C=O) groups is 1. The Morgan fingerprint density at radius 2 is 2.17 bits per heavy atom. The number of pyridine rings is 1. The standard InChI is InChI=1S/C8H9NO3/c1-12-8(11)7(10)6-2-4-9-5-3-6/h2-5,7,10H,1H3/t7-/m1/s1.